The van der Waals surface area contributed by atoms with Gasteiger partial charge in [-0.2, -0.15) is 0 Å². The van der Waals surface area contributed by atoms with Gasteiger partial charge in [0.05, 0.1) is 16.5 Å². The van der Waals surface area contributed by atoms with Gasteiger partial charge < -0.3 is 9.64 Å². The number of rotatable bonds is 2. The van der Waals surface area contributed by atoms with Crippen LogP contribution in [0, 0.1) is 0 Å². The lowest BCUT2D eigenvalue weighted by Gasteiger charge is -2.28. The van der Waals surface area contributed by atoms with E-state index in [9.17, 15) is 4.79 Å². The summed E-state index contributed by atoms with van der Waals surface area (Å²) in [6.45, 7) is 2.93. The second-order valence-corrected chi connectivity index (χ2v) is 6.74. The van der Waals surface area contributed by atoms with Gasteiger partial charge in [0, 0.05) is 18.5 Å². The predicted octanol–water partition coefficient (Wildman–Crippen LogP) is 3.54. The fraction of sp³-hybridized carbons (Fsp3) is 0.533. The van der Waals surface area contributed by atoms with Gasteiger partial charge in [-0.25, -0.2) is 4.79 Å². The number of hydrogen-bond donors (Lipinski definition) is 0. The number of ether oxygens (including phenoxy) is 1. The quantitative estimate of drug-likeness (QED) is 0.782. The molecule has 0 aromatic carbocycles. The van der Waals surface area contributed by atoms with Gasteiger partial charge >= 0.3 is 5.97 Å². The largest absolute Gasteiger partial charge is 0.461 e. The highest BCUT2D eigenvalue weighted by Gasteiger charge is 2.32. The molecule has 108 valence electrons. The van der Waals surface area contributed by atoms with Crippen LogP contribution >= 0.6 is 22.9 Å². The van der Waals surface area contributed by atoms with Crippen molar-refractivity contribution in [1.29, 1.82) is 0 Å². The van der Waals surface area contributed by atoms with Gasteiger partial charge in [0.15, 0.2) is 0 Å². The predicted molar refractivity (Wildman–Crippen MR) is 81.8 cm³/mol. The second kappa shape index (κ2) is 5.41. The molecule has 0 bridgehead atoms. The number of carbonyl (C=O) groups is 1. The van der Waals surface area contributed by atoms with Gasteiger partial charge in [-0.3, -0.25) is 0 Å². The zero-order valence-electron chi connectivity index (χ0n) is 11.8. The van der Waals surface area contributed by atoms with Gasteiger partial charge in [-0.05, 0) is 43.7 Å². The Hall–Kier alpha value is -1.00. The number of fused-ring (bicyclic) bond motifs is 3. The van der Waals surface area contributed by atoms with Crippen molar-refractivity contribution in [3.8, 4) is 0 Å². The van der Waals surface area contributed by atoms with E-state index in [2.05, 4.69) is 0 Å². The van der Waals surface area contributed by atoms with Crippen molar-refractivity contribution >= 4 is 33.9 Å². The summed E-state index contributed by atoms with van der Waals surface area (Å²) < 4.78 is 5.12. The van der Waals surface area contributed by atoms with Gasteiger partial charge in [-0.15, -0.1) is 11.3 Å². The molecule has 1 aromatic heterocycles. The third kappa shape index (κ3) is 2.15. The standard InChI is InChI=1S/C15H18ClNO2S/c1-3-19-15(18)13-12(16)14-10(8-17(13)2)9-6-4-5-7-11(9)20-14/h3-8H2,1-2H3. The van der Waals surface area contributed by atoms with E-state index < -0.39 is 0 Å². The van der Waals surface area contributed by atoms with Crippen LogP contribution in [0.2, 0.25) is 0 Å². The first-order valence-electron chi connectivity index (χ1n) is 7.05. The fourth-order valence-electron chi connectivity index (χ4n) is 3.01. The lowest BCUT2D eigenvalue weighted by Crippen LogP contribution is -2.29. The summed E-state index contributed by atoms with van der Waals surface area (Å²) in [6.07, 6.45) is 4.81. The molecule has 0 spiro atoms. The summed E-state index contributed by atoms with van der Waals surface area (Å²) >= 11 is 8.27. The third-order valence-electron chi connectivity index (χ3n) is 3.93. The minimum absolute atomic E-state index is 0.322. The van der Waals surface area contributed by atoms with Crippen LogP contribution in [0.15, 0.2) is 5.70 Å². The summed E-state index contributed by atoms with van der Waals surface area (Å²) in [5.74, 6) is -0.322. The highest BCUT2D eigenvalue weighted by Crippen LogP contribution is 2.44. The summed E-state index contributed by atoms with van der Waals surface area (Å²) in [5.41, 5.74) is 3.30. The van der Waals surface area contributed by atoms with Crippen LogP contribution in [0.1, 0.15) is 40.6 Å². The summed E-state index contributed by atoms with van der Waals surface area (Å²) in [5, 5.41) is 0.562. The lowest BCUT2D eigenvalue weighted by atomic mass is 9.93. The third-order valence-corrected chi connectivity index (χ3v) is 5.77. The minimum Gasteiger partial charge on any atom is -0.461 e. The molecule has 20 heavy (non-hydrogen) atoms. The average molecular weight is 312 g/mol. The Morgan fingerprint density at radius 1 is 1.35 bits per heavy atom. The maximum Gasteiger partial charge on any atom is 0.356 e. The molecular weight excluding hydrogens is 294 g/mol. The van der Waals surface area contributed by atoms with E-state index >= 15 is 0 Å². The molecule has 0 atom stereocenters. The monoisotopic (exact) mass is 311 g/mol. The summed E-state index contributed by atoms with van der Waals surface area (Å²) in [7, 11) is 1.91. The Balaban J connectivity index is 2.07. The number of esters is 1. The van der Waals surface area contributed by atoms with Gasteiger partial charge in [0.25, 0.3) is 0 Å². The van der Waals surface area contributed by atoms with E-state index in [4.69, 9.17) is 16.3 Å². The highest BCUT2D eigenvalue weighted by molar-refractivity contribution is 7.14. The molecule has 1 aliphatic heterocycles. The zero-order valence-corrected chi connectivity index (χ0v) is 13.4. The van der Waals surface area contributed by atoms with Crippen molar-refractivity contribution in [2.45, 2.75) is 39.2 Å². The van der Waals surface area contributed by atoms with E-state index in [1.54, 1.807) is 11.3 Å². The minimum atomic E-state index is -0.322. The van der Waals surface area contributed by atoms with Crippen molar-refractivity contribution < 1.29 is 9.53 Å². The number of hydrogen-bond acceptors (Lipinski definition) is 4. The van der Waals surface area contributed by atoms with Crippen molar-refractivity contribution in [2.24, 2.45) is 0 Å². The first-order valence-corrected chi connectivity index (χ1v) is 8.24. The molecule has 0 saturated heterocycles. The fourth-order valence-corrected chi connectivity index (χ4v) is 4.80. The molecule has 3 nitrogen and oxygen atoms in total. The SMILES string of the molecule is CCOC(=O)C1=C(Cl)c2sc3c(c2CN1C)CCCC3. The molecule has 0 radical (unpaired) electrons. The molecule has 1 aromatic rings. The van der Waals surface area contributed by atoms with Crippen LogP contribution in [-0.4, -0.2) is 24.5 Å². The highest BCUT2D eigenvalue weighted by atomic mass is 35.5. The molecule has 0 N–H and O–H groups in total. The van der Waals surface area contributed by atoms with Crippen LogP contribution in [-0.2, 0) is 28.9 Å². The first-order chi connectivity index (χ1) is 9.63. The van der Waals surface area contributed by atoms with E-state index in [0.717, 1.165) is 24.3 Å². The van der Waals surface area contributed by atoms with E-state index in [0.29, 0.717) is 17.3 Å². The Kier molecular flexibility index (Phi) is 3.78. The normalized spacial score (nSPS) is 17.9. The Bertz CT molecular complexity index is 591. The van der Waals surface area contributed by atoms with Crippen LogP contribution < -0.4 is 0 Å². The lowest BCUT2D eigenvalue weighted by molar-refractivity contribution is -0.140. The van der Waals surface area contributed by atoms with Crippen molar-refractivity contribution in [3.05, 3.63) is 26.6 Å². The number of nitrogens with zero attached hydrogens (tertiary/aromatic N) is 1. The first kappa shape index (κ1) is 14.0. The van der Waals surface area contributed by atoms with Crippen molar-refractivity contribution in [1.82, 2.24) is 4.90 Å². The molecule has 5 heteroatoms. The second-order valence-electron chi connectivity index (χ2n) is 5.26. The summed E-state index contributed by atoms with van der Waals surface area (Å²) in [4.78, 5) is 16.5. The number of likely N-dealkylation sites (N-methyl/N-ethyl adjacent to an activating group) is 1. The molecule has 0 fully saturated rings. The van der Waals surface area contributed by atoms with E-state index in [1.165, 1.54) is 28.8 Å². The number of thiophene rings is 1. The molecule has 0 unspecified atom stereocenters. The molecule has 3 rings (SSSR count). The van der Waals surface area contributed by atoms with Gasteiger partial charge in [0.2, 0.25) is 0 Å². The van der Waals surface area contributed by atoms with E-state index in [-0.39, 0.29) is 5.97 Å². The number of carbonyl (C=O) groups excluding carboxylic acids is 1. The van der Waals surface area contributed by atoms with Gasteiger partial charge in [0.1, 0.15) is 5.70 Å². The molecule has 0 saturated carbocycles. The van der Waals surface area contributed by atoms with Crippen LogP contribution in [0.4, 0.5) is 0 Å². The molecular formula is C15H18ClNO2S. The maximum absolute atomic E-state index is 12.1. The van der Waals surface area contributed by atoms with Crippen LogP contribution in [0.25, 0.3) is 5.03 Å². The Labute approximate surface area is 128 Å². The smallest absolute Gasteiger partial charge is 0.356 e. The average Bonchev–Trinajstić information content (AvgIpc) is 2.78. The molecule has 2 heterocycles. The topological polar surface area (TPSA) is 29.5 Å². The van der Waals surface area contributed by atoms with Crippen LogP contribution in [0.3, 0.4) is 0 Å². The van der Waals surface area contributed by atoms with Crippen molar-refractivity contribution in [2.75, 3.05) is 13.7 Å². The number of aryl methyl sites for hydroxylation is 1. The Morgan fingerprint density at radius 2 is 2.10 bits per heavy atom. The van der Waals surface area contributed by atoms with Gasteiger partial charge in [-0.1, -0.05) is 11.6 Å². The number of halogens is 1. The zero-order chi connectivity index (χ0) is 14.3. The van der Waals surface area contributed by atoms with E-state index in [1.807, 2.05) is 18.9 Å². The summed E-state index contributed by atoms with van der Waals surface area (Å²) in [6, 6.07) is 0. The molecule has 1 aliphatic carbocycles. The van der Waals surface area contributed by atoms with Crippen LogP contribution in [0.5, 0.6) is 0 Å². The molecule has 0 amide bonds. The Morgan fingerprint density at radius 3 is 2.85 bits per heavy atom. The molecule has 2 aliphatic rings. The van der Waals surface area contributed by atoms with Crippen molar-refractivity contribution in [3.63, 3.8) is 0 Å². The maximum atomic E-state index is 12.1.